The molecule has 0 saturated carbocycles. The van der Waals surface area contributed by atoms with Gasteiger partial charge in [-0.1, -0.05) is 0 Å². The largest absolute Gasteiger partial charge is 0.497 e. The molecular weight excluding hydrogens is 306 g/mol. The molecule has 0 fully saturated rings. The number of aliphatic imine (C=N–C) groups is 1. The van der Waals surface area contributed by atoms with Crippen LogP contribution in [0.15, 0.2) is 41.5 Å². The highest BCUT2D eigenvalue weighted by Crippen LogP contribution is 2.14. The van der Waals surface area contributed by atoms with Gasteiger partial charge in [-0.2, -0.15) is 5.10 Å². The second-order valence-corrected chi connectivity index (χ2v) is 5.15. The Balaban J connectivity index is 1.86. The minimum Gasteiger partial charge on any atom is -0.497 e. The van der Waals surface area contributed by atoms with E-state index in [1.54, 1.807) is 21.3 Å². The number of hydrogen-bond acceptors (Lipinski definition) is 4. The molecule has 0 amide bonds. The zero-order valence-electron chi connectivity index (χ0n) is 14.5. The Bertz CT molecular complexity index is 637. The number of rotatable bonds is 8. The summed E-state index contributed by atoms with van der Waals surface area (Å²) >= 11 is 0. The summed E-state index contributed by atoms with van der Waals surface area (Å²) in [5.41, 5.74) is 1.93. The molecule has 0 aliphatic carbocycles. The normalized spacial score (nSPS) is 11.4. The first-order valence-electron chi connectivity index (χ1n) is 7.89. The minimum atomic E-state index is 0.604. The Labute approximate surface area is 142 Å². The van der Waals surface area contributed by atoms with E-state index < -0.39 is 0 Å². The minimum absolute atomic E-state index is 0.604. The molecule has 7 nitrogen and oxygen atoms in total. The molecule has 130 valence electrons. The third-order valence-electron chi connectivity index (χ3n) is 3.46. The first-order chi connectivity index (χ1) is 11.8. The van der Waals surface area contributed by atoms with Gasteiger partial charge in [-0.25, -0.2) is 4.68 Å². The lowest BCUT2D eigenvalue weighted by Crippen LogP contribution is -2.37. The molecule has 0 radical (unpaired) electrons. The maximum atomic E-state index is 5.17. The molecule has 2 rings (SSSR count). The van der Waals surface area contributed by atoms with E-state index >= 15 is 0 Å². The molecule has 0 saturated heterocycles. The van der Waals surface area contributed by atoms with Gasteiger partial charge < -0.3 is 20.1 Å². The standard InChI is InChI=1S/C17H25N5O2/c1-18-17(19-10-4-12-23-2)20-13-14-9-11-22(21-14)15-5-7-16(24-3)8-6-15/h5-9,11H,4,10,12-13H2,1-3H3,(H2,18,19,20). The van der Waals surface area contributed by atoms with Gasteiger partial charge in [-0.15, -0.1) is 0 Å². The van der Waals surface area contributed by atoms with Crippen molar-refractivity contribution >= 4 is 5.96 Å². The Kier molecular flexibility index (Phi) is 7.10. The van der Waals surface area contributed by atoms with E-state index in [1.165, 1.54) is 0 Å². The Morgan fingerprint density at radius 1 is 1.17 bits per heavy atom. The summed E-state index contributed by atoms with van der Waals surface area (Å²) in [6.45, 7) is 2.15. The molecule has 0 unspecified atom stereocenters. The fraction of sp³-hybridized carbons (Fsp3) is 0.412. The summed E-state index contributed by atoms with van der Waals surface area (Å²) in [6, 6.07) is 9.76. The van der Waals surface area contributed by atoms with Gasteiger partial charge in [-0.3, -0.25) is 4.99 Å². The van der Waals surface area contributed by atoms with E-state index in [2.05, 4.69) is 20.7 Å². The lowest BCUT2D eigenvalue weighted by molar-refractivity contribution is 0.195. The van der Waals surface area contributed by atoms with Crippen molar-refractivity contribution < 1.29 is 9.47 Å². The molecule has 0 aliphatic rings. The first kappa shape index (κ1) is 17.8. The number of ether oxygens (including phenoxy) is 2. The summed E-state index contributed by atoms with van der Waals surface area (Å²) < 4.78 is 12.0. The quantitative estimate of drug-likeness (QED) is 0.436. The summed E-state index contributed by atoms with van der Waals surface area (Å²) in [5.74, 6) is 1.58. The van der Waals surface area contributed by atoms with Gasteiger partial charge in [0.2, 0.25) is 0 Å². The van der Waals surface area contributed by atoms with Crippen LogP contribution in [0.5, 0.6) is 5.75 Å². The van der Waals surface area contributed by atoms with E-state index in [0.717, 1.165) is 42.7 Å². The SMILES string of the molecule is CN=C(NCCCOC)NCc1ccn(-c2ccc(OC)cc2)n1. The van der Waals surface area contributed by atoms with E-state index in [-0.39, 0.29) is 0 Å². The maximum Gasteiger partial charge on any atom is 0.191 e. The molecule has 0 bridgehead atoms. The number of nitrogens with zero attached hydrogens (tertiary/aromatic N) is 3. The number of hydrogen-bond donors (Lipinski definition) is 2. The molecule has 1 aromatic carbocycles. The van der Waals surface area contributed by atoms with Crippen LogP contribution in [0.3, 0.4) is 0 Å². The fourth-order valence-corrected chi connectivity index (χ4v) is 2.15. The lowest BCUT2D eigenvalue weighted by Gasteiger charge is -2.10. The van der Waals surface area contributed by atoms with Crippen LogP contribution in [-0.4, -0.2) is 50.2 Å². The predicted molar refractivity (Wildman–Crippen MR) is 94.8 cm³/mol. The Hall–Kier alpha value is -2.54. The molecule has 1 heterocycles. The first-order valence-corrected chi connectivity index (χ1v) is 7.89. The van der Waals surface area contributed by atoms with Crippen LogP contribution in [-0.2, 0) is 11.3 Å². The van der Waals surface area contributed by atoms with Crippen molar-refractivity contribution in [3.05, 3.63) is 42.2 Å². The van der Waals surface area contributed by atoms with Gasteiger partial charge in [0.05, 0.1) is 25.0 Å². The molecule has 0 atom stereocenters. The molecule has 0 spiro atoms. The third-order valence-corrected chi connectivity index (χ3v) is 3.46. The van der Waals surface area contributed by atoms with Crippen molar-refractivity contribution in [2.75, 3.05) is 34.4 Å². The predicted octanol–water partition coefficient (Wildman–Crippen LogP) is 1.58. The molecule has 7 heteroatoms. The van der Waals surface area contributed by atoms with Gasteiger partial charge in [0, 0.05) is 33.5 Å². The summed E-state index contributed by atoms with van der Waals surface area (Å²) in [6.07, 6.45) is 2.87. The number of guanidine groups is 1. The molecule has 24 heavy (non-hydrogen) atoms. The van der Waals surface area contributed by atoms with Crippen LogP contribution in [0.2, 0.25) is 0 Å². The second kappa shape index (κ2) is 9.57. The van der Waals surface area contributed by atoms with Crippen molar-refractivity contribution in [1.82, 2.24) is 20.4 Å². The lowest BCUT2D eigenvalue weighted by atomic mass is 10.3. The summed E-state index contributed by atoms with van der Waals surface area (Å²) in [7, 11) is 5.11. The zero-order chi connectivity index (χ0) is 17.2. The monoisotopic (exact) mass is 331 g/mol. The van der Waals surface area contributed by atoms with Crippen LogP contribution in [0.25, 0.3) is 5.69 Å². The average Bonchev–Trinajstić information content (AvgIpc) is 3.10. The maximum absolute atomic E-state index is 5.17. The summed E-state index contributed by atoms with van der Waals surface area (Å²) in [4.78, 5) is 4.19. The highest BCUT2D eigenvalue weighted by molar-refractivity contribution is 5.79. The number of aromatic nitrogens is 2. The highest BCUT2D eigenvalue weighted by atomic mass is 16.5. The average molecular weight is 331 g/mol. The van der Waals surface area contributed by atoms with Gasteiger partial charge >= 0.3 is 0 Å². The molecule has 0 aliphatic heterocycles. The van der Waals surface area contributed by atoms with Crippen molar-refractivity contribution in [2.24, 2.45) is 4.99 Å². The van der Waals surface area contributed by atoms with Crippen LogP contribution < -0.4 is 15.4 Å². The molecule has 2 aromatic rings. The van der Waals surface area contributed by atoms with Crippen molar-refractivity contribution in [2.45, 2.75) is 13.0 Å². The zero-order valence-corrected chi connectivity index (χ0v) is 14.5. The van der Waals surface area contributed by atoms with Crippen LogP contribution in [0.4, 0.5) is 0 Å². The van der Waals surface area contributed by atoms with E-state index in [4.69, 9.17) is 9.47 Å². The second-order valence-electron chi connectivity index (χ2n) is 5.15. The van der Waals surface area contributed by atoms with Crippen molar-refractivity contribution in [3.8, 4) is 11.4 Å². The third kappa shape index (κ3) is 5.27. The fourth-order valence-electron chi connectivity index (χ4n) is 2.15. The Morgan fingerprint density at radius 2 is 1.96 bits per heavy atom. The van der Waals surface area contributed by atoms with E-state index in [9.17, 15) is 0 Å². The Morgan fingerprint density at radius 3 is 2.62 bits per heavy atom. The topological polar surface area (TPSA) is 72.7 Å². The number of nitrogens with one attached hydrogen (secondary N) is 2. The molecule has 2 N–H and O–H groups in total. The van der Waals surface area contributed by atoms with Gasteiger partial charge in [0.15, 0.2) is 5.96 Å². The van der Waals surface area contributed by atoms with E-state index in [1.807, 2.05) is 41.2 Å². The highest BCUT2D eigenvalue weighted by Gasteiger charge is 2.03. The van der Waals surface area contributed by atoms with Crippen LogP contribution in [0, 0.1) is 0 Å². The van der Waals surface area contributed by atoms with Gasteiger partial charge in [0.1, 0.15) is 5.75 Å². The molecular formula is C17H25N5O2. The van der Waals surface area contributed by atoms with Crippen LogP contribution >= 0.6 is 0 Å². The van der Waals surface area contributed by atoms with Crippen LogP contribution in [0.1, 0.15) is 12.1 Å². The van der Waals surface area contributed by atoms with E-state index in [0.29, 0.717) is 6.54 Å². The summed E-state index contributed by atoms with van der Waals surface area (Å²) in [5, 5.41) is 11.0. The van der Waals surface area contributed by atoms with Gasteiger partial charge in [0.25, 0.3) is 0 Å². The smallest absolute Gasteiger partial charge is 0.191 e. The van der Waals surface area contributed by atoms with Crippen molar-refractivity contribution in [3.63, 3.8) is 0 Å². The molecule has 1 aromatic heterocycles. The van der Waals surface area contributed by atoms with Crippen molar-refractivity contribution in [1.29, 1.82) is 0 Å². The number of benzene rings is 1. The number of methoxy groups -OCH3 is 2. The van der Waals surface area contributed by atoms with Gasteiger partial charge in [-0.05, 0) is 36.8 Å².